The number of aliphatic imine (C=N–C) groups is 1. The second-order valence-corrected chi connectivity index (χ2v) is 7.76. The Morgan fingerprint density at radius 3 is 2.47 bits per heavy atom. The molecule has 1 aliphatic rings. The Kier molecular flexibility index (Phi) is 6.55. The summed E-state index contributed by atoms with van der Waals surface area (Å²) >= 11 is 6.21. The minimum Gasteiger partial charge on any atom is -0.381 e. The van der Waals surface area contributed by atoms with Gasteiger partial charge in [0, 0.05) is 30.4 Å². The number of fused-ring (bicyclic) bond motifs is 3. The van der Waals surface area contributed by atoms with Crippen molar-refractivity contribution in [3.8, 4) is 5.69 Å². The van der Waals surface area contributed by atoms with E-state index in [1.165, 1.54) is 10.8 Å². The largest absolute Gasteiger partial charge is 0.417 e. The molecule has 2 heterocycles. The lowest BCUT2D eigenvalue weighted by Gasteiger charge is -2.19. The van der Waals surface area contributed by atoms with E-state index in [2.05, 4.69) is 9.98 Å². The van der Waals surface area contributed by atoms with Crippen molar-refractivity contribution in [1.29, 1.82) is 0 Å². The fourth-order valence-electron chi connectivity index (χ4n) is 3.71. The van der Waals surface area contributed by atoms with Gasteiger partial charge in [-0.25, -0.2) is 8.78 Å². The van der Waals surface area contributed by atoms with E-state index in [1.54, 1.807) is 6.92 Å². The fourth-order valence-corrected chi connectivity index (χ4v) is 4.07. The van der Waals surface area contributed by atoms with E-state index < -0.39 is 45.2 Å². The maximum absolute atomic E-state index is 14.7. The third-order valence-corrected chi connectivity index (χ3v) is 5.68. The molecule has 178 valence electrons. The average molecular weight is 498 g/mol. The standard InChI is InChI=1S/C23H17ClF5N3O2/c1-2-34-9-8-12-11-32-16-7-6-13(23(27,28)29)20(24)19(16)21(30-10-17(32)31-22(12)33)18-14(25)4-3-5-15(18)26/h3-7,11H,2,8-10H2,1H3. The zero-order chi connectivity index (χ0) is 24.6. The molecule has 0 N–H and O–H groups in total. The molecule has 2 aromatic carbocycles. The molecule has 1 aromatic heterocycles. The number of ether oxygens (including phenoxy) is 1. The summed E-state index contributed by atoms with van der Waals surface area (Å²) in [5, 5.41) is -0.770. The summed E-state index contributed by atoms with van der Waals surface area (Å²) in [5.41, 5.74) is -2.79. The van der Waals surface area contributed by atoms with Gasteiger partial charge >= 0.3 is 6.18 Å². The number of benzene rings is 2. The Hall–Kier alpha value is -3.11. The van der Waals surface area contributed by atoms with E-state index in [0.29, 0.717) is 6.61 Å². The lowest BCUT2D eigenvalue weighted by atomic mass is 9.97. The predicted octanol–water partition coefficient (Wildman–Crippen LogP) is 5.11. The van der Waals surface area contributed by atoms with Crippen LogP contribution in [0.3, 0.4) is 0 Å². The van der Waals surface area contributed by atoms with Crippen LogP contribution < -0.4 is 5.56 Å². The molecule has 11 heteroatoms. The molecule has 0 saturated carbocycles. The van der Waals surface area contributed by atoms with E-state index in [4.69, 9.17) is 16.3 Å². The zero-order valence-electron chi connectivity index (χ0n) is 17.7. The number of aromatic nitrogens is 2. The first-order chi connectivity index (χ1) is 16.1. The van der Waals surface area contributed by atoms with Crippen LogP contribution in [0, 0.1) is 11.6 Å². The summed E-state index contributed by atoms with van der Waals surface area (Å²) in [6.45, 7) is 2.13. The van der Waals surface area contributed by atoms with Crippen molar-refractivity contribution in [2.24, 2.45) is 4.99 Å². The summed E-state index contributed by atoms with van der Waals surface area (Å²) in [5.74, 6) is -1.97. The first kappa shape index (κ1) is 24.0. The van der Waals surface area contributed by atoms with E-state index >= 15 is 0 Å². The van der Waals surface area contributed by atoms with E-state index in [9.17, 15) is 26.7 Å². The molecule has 0 fully saturated rings. The molecule has 0 amide bonds. The van der Waals surface area contributed by atoms with Crippen LogP contribution in [0.1, 0.15) is 35.0 Å². The number of nitrogens with zero attached hydrogens (tertiary/aromatic N) is 3. The smallest absolute Gasteiger partial charge is 0.381 e. The minimum absolute atomic E-state index is 0.0528. The van der Waals surface area contributed by atoms with Gasteiger partial charge in [-0.3, -0.25) is 9.79 Å². The zero-order valence-corrected chi connectivity index (χ0v) is 18.5. The molecule has 0 atom stereocenters. The van der Waals surface area contributed by atoms with Gasteiger partial charge in [0.25, 0.3) is 5.56 Å². The lowest BCUT2D eigenvalue weighted by Crippen LogP contribution is -2.22. The maximum atomic E-state index is 14.7. The number of hydrogen-bond acceptors (Lipinski definition) is 4. The van der Waals surface area contributed by atoms with Crippen molar-refractivity contribution in [3.63, 3.8) is 0 Å². The SMILES string of the molecule is CCOCCc1cn2c(nc1=O)CN=C(c1c(F)cccc1F)c1c-2ccc(C(F)(F)F)c1Cl. The Morgan fingerprint density at radius 1 is 1.12 bits per heavy atom. The van der Waals surface area contributed by atoms with E-state index in [1.807, 2.05) is 0 Å². The molecule has 34 heavy (non-hydrogen) atoms. The first-order valence-corrected chi connectivity index (χ1v) is 10.6. The molecule has 0 bridgehead atoms. The van der Waals surface area contributed by atoms with Gasteiger partial charge in [0.1, 0.15) is 17.5 Å². The van der Waals surface area contributed by atoms with Crippen LogP contribution in [-0.2, 0) is 23.9 Å². The maximum Gasteiger partial charge on any atom is 0.417 e. The molecule has 1 aliphatic heterocycles. The Morgan fingerprint density at radius 2 is 1.82 bits per heavy atom. The van der Waals surface area contributed by atoms with E-state index in [0.717, 1.165) is 30.3 Å². The van der Waals surface area contributed by atoms with Gasteiger partial charge in [-0.1, -0.05) is 17.7 Å². The Bertz CT molecular complexity index is 1330. The third-order valence-electron chi connectivity index (χ3n) is 5.29. The number of alkyl halides is 3. The number of halogens is 6. The van der Waals surface area contributed by atoms with E-state index in [-0.39, 0.29) is 42.2 Å². The quantitative estimate of drug-likeness (QED) is 0.363. The van der Waals surface area contributed by atoms with Gasteiger partial charge in [0.05, 0.1) is 40.7 Å². The van der Waals surface area contributed by atoms with Crippen molar-refractivity contribution in [2.45, 2.75) is 26.1 Å². The molecule has 0 aliphatic carbocycles. The first-order valence-electron chi connectivity index (χ1n) is 10.2. The highest BCUT2D eigenvalue weighted by Gasteiger charge is 2.37. The average Bonchev–Trinajstić information content (AvgIpc) is 2.91. The highest BCUT2D eigenvalue weighted by atomic mass is 35.5. The van der Waals surface area contributed by atoms with Crippen molar-refractivity contribution < 1.29 is 26.7 Å². The highest BCUT2D eigenvalue weighted by molar-refractivity contribution is 6.37. The summed E-state index contributed by atoms with van der Waals surface area (Å²) < 4.78 is 77.0. The van der Waals surface area contributed by atoms with Crippen LogP contribution in [0.5, 0.6) is 0 Å². The number of rotatable bonds is 5. The lowest BCUT2D eigenvalue weighted by molar-refractivity contribution is -0.137. The van der Waals surface area contributed by atoms with Gasteiger partial charge in [0.15, 0.2) is 0 Å². The summed E-state index contributed by atoms with van der Waals surface area (Å²) in [6.07, 6.45) is -3.20. The second kappa shape index (κ2) is 9.27. The molecule has 0 radical (unpaired) electrons. The van der Waals surface area contributed by atoms with Gasteiger partial charge in [-0.05, 0) is 31.2 Å². The van der Waals surface area contributed by atoms with Crippen LogP contribution >= 0.6 is 11.6 Å². The van der Waals surface area contributed by atoms with Gasteiger partial charge in [0.2, 0.25) is 0 Å². The molecule has 0 spiro atoms. The summed E-state index contributed by atoms with van der Waals surface area (Å²) in [7, 11) is 0. The van der Waals surface area contributed by atoms with Crippen LogP contribution in [0.15, 0.2) is 46.3 Å². The normalized spacial score (nSPS) is 13.2. The van der Waals surface area contributed by atoms with Crippen LogP contribution in [0.4, 0.5) is 22.0 Å². The van der Waals surface area contributed by atoms with Gasteiger partial charge < -0.3 is 9.30 Å². The molecule has 0 unspecified atom stereocenters. The van der Waals surface area contributed by atoms with Crippen LogP contribution in [0.2, 0.25) is 5.02 Å². The van der Waals surface area contributed by atoms with Crippen LogP contribution in [-0.4, -0.2) is 28.5 Å². The third kappa shape index (κ3) is 4.35. The summed E-state index contributed by atoms with van der Waals surface area (Å²) in [4.78, 5) is 20.7. The highest BCUT2D eigenvalue weighted by Crippen LogP contribution is 2.40. The van der Waals surface area contributed by atoms with Gasteiger partial charge in [-0.2, -0.15) is 18.2 Å². The molecule has 5 nitrogen and oxygen atoms in total. The molecular formula is C23H17ClF5N3O2. The van der Waals surface area contributed by atoms with Crippen molar-refractivity contribution in [2.75, 3.05) is 13.2 Å². The Balaban J connectivity index is 2.02. The van der Waals surface area contributed by atoms with Crippen molar-refractivity contribution in [3.05, 3.63) is 91.6 Å². The van der Waals surface area contributed by atoms with Crippen molar-refractivity contribution >= 4 is 17.3 Å². The minimum atomic E-state index is -4.83. The fraction of sp³-hybridized carbons (Fsp3) is 0.261. The van der Waals surface area contributed by atoms with Gasteiger partial charge in [-0.15, -0.1) is 0 Å². The monoisotopic (exact) mass is 497 g/mol. The van der Waals surface area contributed by atoms with Crippen molar-refractivity contribution in [1.82, 2.24) is 9.55 Å². The Labute approximate surface area is 195 Å². The molecule has 0 saturated heterocycles. The topological polar surface area (TPSA) is 56.5 Å². The molecule has 3 aromatic rings. The molecular weight excluding hydrogens is 481 g/mol. The number of hydrogen-bond donors (Lipinski definition) is 0. The predicted molar refractivity (Wildman–Crippen MR) is 116 cm³/mol. The summed E-state index contributed by atoms with van der Waals surface area (Å²) in [6, 6.07) is 4.94. The molecule has 4 rings (SSSR count). The second-order valence-electron chi connectivity index (χ2n) is 7.38. The van der Waals surface area contributed by atoms with Crippen LogP contribution in [0.25, 0.3) is 5.69 Å².